The second kappa shape index (κ2) is 3.13. The maximum absolute atomic E-state index is 3.38. The first kappa shape index (κ1) is 8.17. The minimum atomic E-state index is 0.455. The van der Waals surface area contributed by atoms with Crippen molar-refractivity contribution < 1.29 is 0 Å². The molecule has 2 N–H and O–H groups in total. The van der Waals surface area contributed by atoms with E-state index in [2.05, 4.69) is 48.4 Å². The molecule has 0 saturated carbocycles. The molecule has 0 aromatic heterocycles. The molecule has 2 rings (SSSR count). The first-order chi connectivity index (χ1) is 6.27. The molecule has 2 nitrogen and oxygen atoms in total. The predicted molar refractivity (Wildman–Crippen MR) is 56.2 cm³/mol. The van der Waals surface area contributed by atoms with E-state index < -0.39 is 0 Å². The van der Waals surface area contributed by atoms with Crippen LogP contribution in [0.3, 0.4) is 0 Å². The van der Waals surface area contributed by atoms with Gasteiger partial charge in [-0.15, -0.1) is 0 Å². The number of anilines is 1. The van der Waals surface area contributed by atoms with Gasteiger partial charge in [-0.25, -0.2) is 0 Å². The third-order valence-corrected chi connectivity index (χ3v) is 2.04. The standard InChI is InChI=1S/C11H14N2/c1-8(2)13-11-10-5-3-4-9(10)6-7-12-11/h3-8,12-13H,1-2H3. The molecule has 1 aliphatic heterocycles. The summed E-state index contributed by atoms with van der Waals surface area (Å²) in [5.74, 6) is 1.11. The molecule has 0 amide bonds. The van der Waals surface area contributed by atoms with E-state index in [1.807, 2.05) is 6.20 Å². The van der Waals surface area contributed by atoms with Crippen LogP contribution in [0.15, 0.2) is 30.5 Å². The van der Waals surface area contributed by atoms with Gasteiger partial charge in [0.15, 0.2) is 0 Å². The fourth-order valence-electron chi connectivity index (χ4n) is 1.51. The number of H-pyrrole nitrogens is 1. The molecule has 0 aromatic carbocycles. The molecule has 0 spiro atoms. The lowest BCUT2D eigenvalue weighted by molar-refractivity contribution is 0.890. The summed E-state index contributed by atoms with van der Waals surface area (Å²) < 4.78 is 0. The van der Waals surface area contributed by atoms with Crippen molar-refractivity contribution in [2.24, 2.45) is 0 Å². The second-order valence-electron chi connectivity index (χ2n) is 3.55. The van der Waals surface area contributed by atoms with Crippen LogP contribution in [0.25, 0.3) is 11.1 Å². The maximum atomic E-state index is 3.38. The summed E-state index contributed by atoms with van der Waals surface area (Å²) >= 11 is 0. The van der Waals surface area contributed by atoms with Gasteiger partial charge in [0.05, 0.1) is 0 Å². The lowest BCUT2D eigenvalue weighted by Gasteiger charge is -2.13. The van der Waals surface area contributed by atoms with Crippen LogP contribution in [0, 0.1) is 0 Å². The van der Waals surface area contributed by atoms with Gasteiger partial charge in [0.1, 0.15) is 5.82 Å². The zero-order valence-electron chi connectivity index (χ0n) is 7.96. The lowest BCUT2D eigenvalue weighted by Crippen LogP contribution is -2.11. The molecule has 68 valence electrons. The number of aromatic nitrogens is 1. The SMILES string of the molecule is CC(C)Nc1[nH]ccc2cccc1-2. The summed E-state index contributed by atoms with van der Waals surface area (Å²) in [5.41, 5.74) is 2.54. The Morgan fingerprint density at radius 1 is 1.23 bits per heavy atom. The van der Waals surface area contributed by atoms with Crippen molar-refractivity contribution >= 4 is 5.82 Å². The van der Waals surface area contributed by atoms with Gasteiger partial charge < -0.3 is 10.3 Å². The molecule has 0 atom stereocenters. The van der Waals surface area contributed by atoms with E-state index in [9.17, 15) is 0 Å². The summed E-state index contributed by atoms with van der Waals surface area (Å²) in [7, 11) is 0. The number of pyridine rings is 1. The van der Waals surface area contributed by atoms with E-state index in [4.69, 9.17) is 0 Å². The van der Waals surface area contributed by atoms with Gasteiger partial charge in [-0.1, -0.05) is 18.2 Å². The van der Waals surface area contributed by atoms with E-state index in [-0.39, 0.29) is 0 Å². The Hall–Kier alpha value is -1.44. The van der Waals surface area contributed by atoms with Gasteiger partial charge in [-0.05, 0) is 25.5 Å². The van der Waals surface area contributed by atoms with Gasteiger partial charge in [0, 0.05) is 17.8 Å². The van der Waals surface area contributed by atoms with Crippen molar-refractivity contribution in [1.29, 1.82) is 0 Å². The Labute approximate surface area is 78.3 Å². The number of hydrogen-bond acceptors (Lipinski definition) is 1. The van der Waals surface area contributed by atoms with E-state index >= 15 is 0 Å². The van der Waals surface area contributed by atoms with E-state index in [1.165, 1.54) is 11.1 Å². The first-order valence-corrected chi connectivity index (χ1v) is 4.60. The fraction of sp³-hybridized carbons (Fsp3) is 0.273. The van der Waals surface area contributed by atoms with Crippen LogP contribution in [0.5, 0.6) is 0 Å². The molecule has 0 aromatic rings. The third-order valence-electron chi connectivity index (χ3n) is 2.04. The Kier molecular flexibility index (Phi) is 1.97. The summed E-state index contributed by atoms with van der Waals surface area (Å²) in [4.78, 5) is 3.22. The average molecular weight is 174 g/mol. The van der Waals surface area contributed by atoms with Crippen LogP contribution in [-0.4, -0.2) is 11.0 Å². The predicted octanol–water partition coefficient (Wildman–Crippen LogP) is 2.94. The molecule has 0 radical (unpaired) electrons. The number of hydrogen-bond donors (Lipinski definition) is 2. The minimum Gasteiger partial charge on any atom is -0.369 e. The molecular weight excluding hydrogens is 160 g/mol. The summed E-state index contributed by atoms with van der Waals surface area (Å²) in [5, 5.41) is 3.38. The van der Waals surface area contributed by atoms with Crippen molar-refractivity contribution in [2.45, 2.75) is 19.9 Å². The van der Waals surface area contributed by atoms with Crippen molar-refractivity contribution in [3.05, 3.63) is 30.5 Å². The molecule has 2 aliphatic rings. The molecule has 2 heteroatoms. The smallest absolute Gasteiger partial charge is 0.111 e. The normalized spacial score (nSPS) is 11.0. The summed E-state index contributed by atoms with van der Waals surface area (Å²) in [6.07, 6.45) is 1.97. The van der Waals surface area contributed by atoms with Gasteiger partial charge in [0.25, 0.3) is 0 Å². The Balaban J connectivity index is 2.40. The van der Waals surface area contributed by atoms with Crippen LogP contribution >= 0.6 is 0 Å². The van der Waals surface area contributed by atoms with Crippen molar-refractivity contribution in [1.82, 2.24) is 4.98 Å². The first-order valence-electron chi connectivity index (χ1n) is 4.60. The Bertz CT molecular complexity index is 362. The van der Waals surface area contributed by atoms with E-state index in [0.29, 0.717) is 6.04 Å². The zero-order chi connectivity index (χ0) is 9.26. The maximum Gasteiger partial charge on any atom is 0.111 e. The van der Waals surface area contributed by atoms with Gasteiger partial charge in [-0.3, -0.25) is 0 Å². The monoisotopic (exact) mass is 174 g/mol. The molecule has 0 bridgehead atoms. The highest BCUT2D eigenvalue weighted by Crippen LogP contribution is 2.28. The third kappa shape index (κ3) is 1.52. The fourth-order valence-corrected chi connectivity index (χ4v) is 1.51. The zero-order valence-corrected chi connectivity index (χ0v) is 7.96. The van der Waals surface area contributed by atoms with Gasteiger partial charge >= 0.3 is 0 Å². The highest BCUT2D eigenvalue weighted by molar-refractivity contribution is 5.77. The van der Waals surface area contributed by atoms with E-state index in [0.717, 1.165) is 5.82 Å². The van der Waals surface area contributed by atoms with Crippen molar-refractivity contribution in [2.75, 3.05) is 5.32 Å². The average Bonchev–Trinajstić information content (AvgIpc) is 2.51. The van der Waals surface area contributed by atoms with Gasteiger partial charge in [-0.2, -0.15) is 0 Å². The summed E-state index contributed by atoms with van der Waals surface area (Å²) in [6.45, 7) is 4.27. The number of fused-ring (bicyclic) bond motifs is 1. The number of rotatable bonds is 2. The van der Waals surface area contributed by atoms with Crippen LogP contribution in [0.2, 0.25) is 0 Å². The highest BCUT2D eigenvalue weighted by Gasteiger charge is 2.07. The van der Waals surface area contributed by atoms with Crippen molar-refractivity contribution in [3.63, 3.8) is 0 Å². The molecule has 13 heavy (non-hydrogen) atoms. The topological polar surface area (TPSA) is 27.8 Å². The van der Waals surface area contributed by atoms with Gasteiger partial charge in [0.2, 0.25) is 0 Å². The number of nitrogens with one attached hydrogen (secondary N) is 2. The molecule has 0 unspecified atom stereocenters. The quantitative estimate of drug-likeness (QED) is 0.719. The lowest BCUT2D eigenvalue weighted by atomic mass is 10.1. The van der Waals surface area contributed by atoms with Crippen LogP contribution in [0.1, 0.15) is 13.8 Å². The highest BCUT2D eigenvalue weighted by atomic mass is 15.0. The summed E-state index contributed by atoms with van der Waals surface area (Å²) in [6, 6.07) is 8.85. The van der Waals surface area contributed by atoms with E-state index in [1.54, 1.807) is 0 Å². The molecule has 0 fully saturated rings. The van der Waals surface area contributed by atoms with Crippen LogP contribution in [-0.2, 0) is 0 Å². The Morgan fingerprint density at radius 3 is 2.85 bits per heavy atom. The Morgan fingerprint density at radius 2 is 2.08 bits per heavy atom. The molecule has 0 saturated heterocycles. The molecular formula is C11H14N2. The number of aromatic amines is 1. The minimum absolute atomic E-state index is 0.455. The largest absolute Gasteiger partial charge is 0.369 e. The van der Waals surface area contributed by atoms with Crippen LogP contribution < -0.4 is 5.32 Å². The van der Waals surface area contributed by atoms with Crippen LogP contribution in [0.4, 0.5) is 5.82 Å². The second-order valence-corrected chi connectivity index (χ2v) is 3.55. The molecule has 1 aliphatic carbocycles. The molecule has 1 heterocycles. The van der Waals surface area contributed by atoms with Crippen molar-refractivity contribution in [3.8, 4) is 11.1 Å².